The highest BCUT2D eigenvalue weighted by molar-refractivity contribution is 8.32. The van der Waals surface area contributed by atoms with Crippen LogP contribution in [0.25, 0.3) is 0 Å². The van der Waals surface area contributed by atoms with E-state index in [0.717, 1.165) is 22.4 Å². The molecule has 0 spiro atoms. The van der Waals surface area contributed by atoms with Crippen molar-refractivity contribution >= 4 is 16.0 Å². The molecule has 0 heterocycles. The van der Waals surface area contributed by atoms with Gasteiger partial charge in [-0.05, 0) is 58.1 Å². The Labute approximate surface area is 220 Å². The first-order chi connectivity index (χ1) is 16.6. The highest BCUT2D eigenvalue weighted by atomic mass is 32.3. The summed E-state index contributed by atoms with van der Waals surface area (Å²) in [6.45, 7) is 17.2. The molecule has 0 atom stereocenters. The van der Waals surface area contributed by atoms with Crippen molar-refractivity contribution in [2.24, 2.45) is 10.7 Å². The summed E-state index contributed by atoms with van der Waals surface area (Å²) in [6.07, 6.45) is 6.19. The standard InChI is InChI=1S/C27H40N4O2S.C2H6/c1-26(2,3)22-14-20(15-23(24(22)32)27(4,5)6)33-18-34(8,9)21-12-10-19(11-13-21)16-31(7)25(29)30-17-28;1-2/h10-15,32H,16,18H2,1-9H3,(H2,29,30);1-2H3. The Bertz CT molecular complexity index is 1040. The maximum atomic E-state index is 11.0. The molecule has 2 rings (SSSR count). The molecular weight excluding hydrogens is 468 g/mol. The Morgan fingerprint density at radius 2 is 1.50 bits per heavy atom. The van der Waals surface area contributed by atoms with E-state index >= 15 is 0 Å². The van der Waals surface area contributed by atoms with E-state index in [9.17, 15) is 5.11 Å². The smallest absolute Gasteiger partial charge is 0.209 e. The van der Waals surface area contributed by atoms with E-state index < -0.39 is 10.0 Å². The Morgan fingerprint density at radius 3 is 1.92 bits per heavy atom. The number of aliphatic imine (C=N–C) groups is 1. The van der Waals surface area contributed by atoms with Crippen LogP contribution in [0.5, 0.6) is 11.5 Å². The second-order valence-corrected chi connectivity index (χ2v) is 15.0. The number of benzene rings is 2. The molecule has 3 N–H and O–H groups in total. The van der Waals surface area contributed by atoms with Crippen LogP contribution in [0.2, 0.25) is 0 Å². The van der Waals surface area contributed by atoms with E-state index in [2.05, 4.69) is 83.3 Å². The third kappa shape index (κ3) is 8.37. The summed E-state index contributed by atoms with van der Waals surface area (Å²) >= 11 is 0. The topological polar surface area (TPSA) is 94.9 Å². The Balaban J connectivity index is 0.00000316. The lowest BCUT2D eigenvalue weighted by molar-refractivity contribution is 0.378. The molecule has 0 bridgehead atoms. The van der Waals surface area contributed by atoms with Crippen LogP contribution in [0, 0.1) is 11.5 Å². The molecule has 200 valence electrons. The molecule has 0 aliphatic heterocycles. The molecule has 0 aliphatic rings. The van der Waals surface area contributed by atoms with Crippen LogP contribution in [0.3, 0.4) is 0 Å². The van der Waals surface area contributed by atoms with Gasteiger partial charge in [0, 0.05) is 24.7 Å². The predicted octanol–water partition coefficient (Wildman–Crippen LogP) is 6.70. The fraction of sp³-hybridized carbons (Fsp3) is 0.517. The molecule has 36 heavy (non-hydrogen) atoms. The van der Waals surface area contributed by atoms with E-state index in [1.54, 1.807) is 11.1 Å². The number of nitrogens with zero attached hydrogens (tertiary/aromatic N) is 3. The molecular formula is C29H46N4O2S. The van der Waals surface area contributed by atoms with Crippen molar-refractivity contribution in [2.45, 2.75) is 77.7 Å². The number of hydrogen-bond acceptors (Lipinski definition) is 4. The van der Waals surface area contributed by atoms with Crippen LogP contribution < -0.4 is 10.5 Å². The van der Waals surface area contributed by atoms with Gasteiger partial charge in [-0.2, -0.15) is 15.3 Å². The summed E-state index contributed by atoms with van der Waals surface area (Å²) in [6, 6.07) is 12.4. The van der Waals surface area contributed by atoms with Gasteiger partial charge in [0.2, 0.25) is 12.2 Å². The average molecular weight is 515 g/mol. The molecule has 0 fully saturated rings. The molecule has 0 unspecified atom stereocenters. The lowest BCUT2D eigenvalue weighted by atomic mass is 9.79. The summed E-state index contributed by atoms with van der Waals surface area (Å²) in [5, 5.41) is 19.6. The number of aromatic hydroxyl groups is 1. The molecule has 2 aromatic rings. The van der Waals surface area contributed by atoms with Crippen molar-refractivity contribution in [1.29, 1.82) is 5.26 Å². The number of guanidine groups is 1. The third-order valence-corrected chi connectivity index (χ3v) is 8.01. The van der Waals surface area contributed by atoms with Crippen LogP contribution in [0.1, 0.15) is 72.1 Å². The lowest BCUT2D eigenvalue weighted by Gasteiger charge is -2.33. The first-order valence-electron chi connectivity index (χ1n) is 12.3. The van der Waals surface area contributed by atoms with Gasteiger partial charge in [-0.25, -0.2) is 0 Å². The monoisotopic (exact) mass is 514 g/mol. The summed E-state index contributed by atoms with van der Waals surface area (Å²) in [4.78, 5) is 6.56. The van der Waals surface area contributed by atoms with Crippen LogP contribution >= 0.6 is 10.0 Å². The largest absolute Gasteiger partial charge is 0.507 e. The number of rotatable bonds is 6. The molecule has 0 aliphatic carbocycles. The van der Waals surface area contributed by atoms with Gasteiger partial charge in [-0.15, -0.1) is 4.99 Å². The van der Waals surface area contributed by atoms with E-state index in [1.807, 2.05) is 33.0 Å². The Hall–Kier alpha value is -2.85. The first-order valence-corrected chi connectivity index (χ1v) is 14.9. The summed E-state index contributed by atoms with van der Waals surface area (Å²) < 4.78 is 6.36. The molecule has 0 radical (unpaired) electrons. The molecule has 7 heteroatoms. The van der Waals surface area contributed by atoms with Crippen molar-refractivity contribution in [1.82, 2.24) is 4.90 Å². The minimum absolute atomic E-state index is 0.198. The number of phenols is 1. The van der Waals surface area contributed by atoms with Gasteiger partial charge in [0.15, 0.2) is 0 Å². The minimum atomic E-state index is -1.23. The van der Waals surface area contributed by atoms with Crippen molar-refractivity contribution in [3.63, 3.8) is 0 Å². The zero-order chi connectivity index (χ0) is 27.9. The average Bonchev–Trinajstić information content (AvgIpc) is 2.78. The molecule has 0 saturated carbocycles. The van der Waals surface area contributed by atoms with Crippen LogP contribution in [0.15, 0.2) is 46.3 Å². The Morgan fingerprint density at radius 1 is 1.03 bits per heavy atom. The van der Waals surface area contributed by atoms with Gasteiger partial charge in [-0.3, -0.25) is 0 Å². The molecule has 6 nitrogen and oxygen atoms in total. The second kappa shape index (κ2) is 12.4. The number of phenolic OH excluding ortho intramolecular Hbond substituents is 1. The zero-order valence-corrected chi connectivity index (χ0v) is 24.9. The summed E-state index contributed by atoms with van der Waals surface area (Å²) in [7, 11) is 0.583. The first kappa shape index (κ1) is 31.2. The Kier molecular flexibility index (Phi) is 10.7. The van der Waals surface area contributed by atoms with Crippen molar-refractivity contribution in [3.05, 3.63) is 53.1 Å². The van der Waals surface area contributed by atoms with E-state index in [-0.39, 0.29) is 16.8 Å². The number of nitrogens with two attached hydrogens (primary N) is 1. The summed E-state index contributed by atoms with van der Waals surface area (Å²) in [5.74, 6) is 1.93. The molecule has 0 amide bonds. The third-order valence-electron chi connectivity index (χ3n) is 5.76. The zero-order valence-electron chi connectivity index (χ0n) is 24.1. The molecule has 0 saturated heterocycles. The number of hydrogen-bond donors (Lipinski definition) is 2. The minimum Gasteiger partial charge on any atom is -0.507 e. The van der Waals surface area contributed by atoms with Crippen LogP contribution in [0.4, 0.5) is 0 Å². The van der Waals surface area contributed by atoms with E-state index in [1.165, 1.54) is 4.90 Å². The number of nitriles is 1. The number of ether oxygens (including phenoxy) is 1. The highest BCUT2D eigenvalue weighted by Crippen LogP contribution is 2.49. The van der Waals surface area contributed by atoms with Gasteiger partial charge in [0.1, 0.15) is 17.4 Å². The van der Waals surface area contributed by atoms with Gasteiger partial charge in [-0.1, -0.05) is 67.5 Å². The lowest BCUT2D eigenvalue weighted by Crippen LogP contribution is -2.33. The van der Waals surface area contributed by atoms with Crippen LogP contribution in [-0.4, -0.2) is 41.5 Å². The second-order valence-electron chi connectivity index (χ2n) is 11.2. The maximum absolute atomic E-state index is 11.0. The van der Waals surface area contributed by atoms with Crippen molar-refractivity contribution in [2.75, 3.05) is 25.5 Å². The quantitative estimate of drug-likeness (QED) is 0.254. The van der Waals surface area contributed by atoms with Crippen LogP contribution in [-0.2, 0) is 17.4 Å². The van der Waals surface area contributed by atoms with Crippen molar-refractivity contribution < 1.29 is 9.84 Å². The van der Waals surface area contributed by atoms with Gasteiger partial charge in [0.25, 0.3) is 0 Å². The summed E-state index contributed by atoms with van der Waals surface area (Å²) in [5.41, 5.74) is 8.26. The van der Waals surface area contributed by atoms with Gasteiger partial charge >= 0.3 is 0 Å². The SMILES string of the molecule is CC.CN(Cc1ccc(S(C)(C)COc2cc(C(C)(C)C)c(O)c(C(C)(C)C)c2)cc1)C(N)=NC#N. The van der Waals surface area contributed by atoms with Gasteiger partial charge < -0.3 is 20.5 Å². The predicted molar refractivity (Wildman–Crippen MR) is 155 cm³/mol. The molecule has 0 aromatic heterocycles. The van der Waals surface area contributed by atoms with E-state index in [0.29, 0.717) is 18.2 Å². The molecule has 2 aromatic carbocycles. The van der Waals surface area contributed by atoms with Crippen molar-refractivity contribution in [3.8, 4) is 17.7 Å². The fourth-order valence-corrected chi connectivity index (χ4v) is 5.01. The van der Waals surface area contributed by atoms with Gasteiger partial charge in [0.05, 0.1) is 0 Å². The maximum Gasteiger partial charge on any atom is 0.209 e. The van der Waals surface area contributed by atoms with E-state index in [4.69, 9.17) is 15.7 Å². The fourth-order valence-electron chi connectivity index (χ4n) is 3.57. The highest BCUT2D eigenvalue weighted by Gasteiger charge is 2.27. The normalized spacial score (nSPS) is 12.8.